The van der Waals surface area contributed by atoms with Gasteiger partial charge in [-0.1, -0.05) is 52.0 Å². The highest BCUT2D eigenvalue weighted by molar-refractivity contribution is 5.36. The molecule has 0 saturated carbocycles. The Morgan fingerprint density at radius 2 is 1.68 bits per heavy atom. The van der Waals surface area contributed by atoms with Crippen LogP contribution in [0.25, 0.3) is 0 Å². The average Bonchev–Trinajstić information content (AvgIpc) is 2.47. The molecule has 22 heavy (non-hydrogen) atoms. The molecule has 0 bridgehead atoms. The molecule has 2 nitrogen and oxygen atoms in total. The van der Waals surface area contributed by atoms with Crippen molar-refractivity contribution in [3.8, 4) is 11.5 Å². The lowest BCUT2D eigenvalue weighted by molar-refractivity contribution is 0.480. The van der Waals surface area contributed by atoms with Crippen LogP contribution < -0.4 is 10.5 Å². The summed E-state index contributed by atoms with van der Waals surface area (Å²) in [5, 5.41) is 0. The molecule has 0 saturated heterocycles. The van der Waals surface area contributed by atoms with Crippen molar-refractivity contribution >= 4 is 0 Å². The molecule has 1 atom stereocenters. The predicted octanol–water partition coefficient (Wildman–Crippen LogP) is 5.06. The van der Waals surface area contributed by atoms with Gasteiger partial charge in [0.25, 0.3) is 0 Å². The zero-order valence-corrected chi connectivity index (χ0v) is 14.1. The van der Waals surface area contributed by atoms with E-state index >= 15 is 0 Å². The summed E-state index contributed by atoms with van der Waals surface area (Å²) in [5.74, 6) is 1.73. The predicted molar refractivity (Wildman–Crippen MR) is 93.6 cm³/mol. The molecular formula is C20H27NO. The van der Waals surface area contributed by atoms with E-state index in [0.717, 1.165) is 24.3 Å². The van der Waals surface area contributed by atoms with Gasteiger partial charge in [0.2, 0.25) is 0 Å². The van der Waals surface area contributed by atoms with Gasteiger partial charge in [-0.15, -0.1) is 0 Å². The molecule has 0 aromatic heterocycles. The van der Waals surface area contributed by atoms with Crippen LogP contribution in [0, 0.1) is 0 Å². The van der Waals surface area contributed by atoms with Gasteiger partial charge in [0.15, 0.2) is 0 Å². The Kier molecular flexibility index (Phi) is 5.25. The van der Waals surface area contributed by atoms with Crippen LogP contribution >= 0.6 is 0 Å². The SMILES string of the molecule is CCC(N)Cc1cccc(Oc2ccc(C(C)(C)C)cc2)c1. The minimum Gasteiger partial charge on any atom is -0.457 e. The molecule has 0 aliphatic carbocycles. The smallest absolute Gasteiger partial charge is 0.127 e. The van der Waals surface area contributed by atoms with E-state index in [1.165, 1.54) is 11.1 Å². The van der Waals surface area contributed by atoms with Gasteiger partial charge in [-0.2, -0.15) is 0 Å². The maximum Gasteiger partial charge on any atom is 0.127 e. The van der Waals surface area contributed by atoms with E-state index in [9.17, 15) is 0 Å². The molecule has 0 heterocycles. The van der Waals surface area contributed by atoms with Gasteiger partial charge in [0.1, 0.15) is 11.5 Å². The van der Waals surface area contributed by atoms with Gasteiger partial charge >= 0.3 is 0 Å². The Balaban J connectivity index is 2.09. The van der Waals surface area contributed by atoms with Crippen LogP contribution in [0.2, 0.25) is 0 Å². The second-order valence-electron chi connectivity index (χ2n) is 6.90. The molecule has 2 aromatic carbocycles. The Hall–Kier alpha value is -1.80. The second kappa shape index (κ2) is 6.97. The van der Waals surface area contributed by atoms with Gasteiger partial charge in [0.05, 0.1) is 0 Å². The summed E-state index contributed by atoms with van der Waals surface area (Å²) in [7, 11) is 0. The van der Waals surface area contributed by atoms with Crippen LogP contribution in [0.15, 0.2) is 48.5 Å². The van der Waals surface area contributed by atoms with Crippen LogP contribution in [0.3, 0.4) is 0 Å². The lowest BCUT2D eigenvalue weighted by Gasteiger charge is -2.19. The number of hydrogen-bond acceptors (Lipinski definition) is 2. The van der Waals surface area contributed by atoms with Crippen LogP contribution in [-0.2, 0) is 11.8 Å². The molecule has 0 amide bonds. The number of ether oxygens (including phenoxy) is 1. The minimum absolute atomic E-state index is 0.161. The van der Waals surface area contributed by atoms with E-state index in [0.29, 0.717) is 0 Å². The Morgan fingerprint density at radius 1 is 1.00 bits per heavy atom. The standard InChI is InChI=1S/C20H27NO/c1-5-17(21)13-15-7-6-8-19(14-15)22-18-11-9-16(10-12-18)20(2,3)4/h6-12,14,17H,5,13,21H2,1-4H3. The van der Waals surface area contributed by atoms with Gasteiger partial charge in [-0.3, -0.25) is 0 Å². The van der Waals surface area contributed by atoms with Crippen molar-refractivity contribution in [1.82, 2.24) is 0 Å². The van der Waals surface area contributed by atoms with Crippen LogP contribution in [-0.4, -0.2) is 6.04 Å². The Morgan fingerprint density at radius 3 is 2.27 bits per heavy atom. The molecule has 2 rings (SSSR count). The maximum atomic E-state index is 6.02. The molecule has 118 valence electrons. The maximum absolute atomic E-state index is 6.02. The third-order valence-corrected chi connectivity index (χ3v) is 3.88. The summed E-state index contributed by atoms with van der Waals surface area (Å²) in [4.78, 5) is 0. The van der Waals surface area contributed by atoms with Gasteiger partial charge in [-0.25, -0.2) is 0 Å². The van der Waals surface area contributed by atoms with E-state index in [4.69, 9.17) is 10.5 Å². The molecule has 2 heteroatoms. The highest BCUT2D eigenvalue weighted by Crippen LogP contribution is 2.27. The van der Waals surface area contributed by atoms with E-state index < -0.39 is 0 Å². The number of hydrogen-bond donors (Lipinski definition) is 1. The van der Waals surface area contributed by atoms with Crippen LogP contribution in [0.1, 0.15) is 45.2 Å². The summed E-state index contributed by atoms with van der Waals surface area (Å²) in [5.41, 5.74) is 8.71. The van der Waals surface area contributed by atoms with Gasteiger partial charge in [0, 0.05) is 6.04 Å². The molecule has 2 aromatic rings. The molecule has 1 unspecified atom stereocenters. The van der Waals surface area contributed by atoms with E-state index in [2.05, 4.69) is 52.0 Å². The van der Waals surface area contributed by atoms with E-state index in [1.54, 1.807) is 0 Å². The summed E-state index contributed by atoms with van der Waals surface area (Å²) in [6, 6.07) is 16.7. The first-order chi connectivity index (χ1) is 10.4. The number of benzene rings is 2. The summed E-state index contributed by atoms with van der Waals surface area (Å²) in [6.45, 7) is 8.75. The fraction of sp³-hybridized carbons (Fsp3) is 0.400. The average molecular weight is 297 g/mol. The van der Waals surface area contributed by atoms with E-state index in [1.807, 2.05) is 24.3 Å². The normalized spacial score (nSPS) is 13.0. The molecule has 0 aliphatic heterocycles. The van der Waals surface area contributed by atoms with E-state index in [-0.39, 0.29) is 11.5 Å². The highest BCUT2D eigenvalue weighted by Gasteiger charge is 2.13. The zero-order valence-electron chi connectivity index (χ0n) is 14.1. The topological polar surface area (TPSA) is 35.2 Å². The van der Waals surface area contributed by atoms with Gasteiger partial charge in [-0.05, 0) is 53.6 Å². The first-order valence-electron chi connectivity index (χ1n) is 8.01. The van der Waals surface area contributed by atoms with Crippen molar-refractivity contribution in [2.75, 3.05) is 0 Å². The molecule has 0 fully saturated rings. The Bertz CT molecular complexity index is 596. The highest BCUT2D eigenvalue weighted by atomic mass is 16.5. The summed E-state index contributed by atoms with van der Waals surface area (Å²) in [6.07, 6.45) is 1.87. The lowest BCUT2D eigenvalue weighted by atomic mass is 9.87. The minimum atomic E-state index is 0.161. The molecule has 0 radical (unpaired) electrons. The van der Waals surface area contributed by atoms with Crippen molar-refractivity contribution in [3.63, 3.8) is 0 Å². The first kappa shape index (κ1) is 16.6. The Labute approximate surface area is 134 Å². The van der Waals surface area contributed by atoms with Crippen molar-refractivity contribution < 1.29 is 4.74 Å². The van der Waals surface area contributed by atoms with Crippen LogP contribution in [0.5, 0.6) is 11.5 Å². The third-order valence-electron chi connectivity index (χ3n) is 3.88. The lowest BCUT2D eigenvalue weighted by Crippen LogP contribution is -2.21. The van der Waals surface area contributed by atoms with Crippen molar-refractivity contribution in [3.05, 3.63) is 59.7 Å². The summed E-state index contributed by atoms with van der Waals surface area (Å²) >= 11 is 0. The van der Waals surface area contributed by atoms with Crippen LogP contribution in [0.4, 0.5) is 0 Å². The third kappa shape index (κ3) is 4.60. The molecule has 0 spiro atoms. The zero-order chi connectivity index (χ0) is 16.2. The fourth-order valence-electron chi connectivity index (χ4n) is 2.34. The largest absolute Gasteiger partial charge is 0.457 e. The number of rotatable bonds is 5. The van der Waals surface area contributed by atoms with Crippen molar-refractivity contribution in [1.29, 1.82) is 0 Å². The monoisotopic (exact) mass is 297 g/mol. The molecular weight excluding hydrogens is 270 g/mol. The molecule has 0 aliphatic rings. The van der Waals surface area contributed by atoms with Crippen molar-refractivity contribution in [2.45, 2.75) is 52.0 Å². The number of nitrogens with two attached hydrogens (primary N) is 1. The first-order valence-corrected chi connectivity index (χ1v) is 8.01. The fourth-order valence-corrected chi connectivity index (χ4v) is 2.34. The quantitative estimate of drug-likeness (QED) is 0.837. The van der Waals surface area contributed by atoms with Gasteiger partial charge < -0.3 is 10.5 Å². The van der Waals surface area contributed by atoms with Crippen molar-refractivity contribution in [2.24, 2.45) is 5.73 Å². The molecule has 2 N–H and O–H groups in total. The summed E-state index contributed by atoms with van der Waals surface area (Å²) < 4.78 is 5.96. The second-order valence-corrected chi connectivity index (χ2v) is 6.90.